The molecule has 6 heteroatoms. The molecule has 0 unspecified atom stereocenters. The number of rotatable bonds is 1. The number of hydrogen-bond donors (Lipinski definition) is 0. The molecule has 23 heavy (non-hydrogen) atoms. The van der Waals surface area contributed by atoms with Gasteiger partial charge in [0.1, 0.15) is 16.6 Å². The molecule has 4 nitrogen and oxygen atoms in total. The van der Waals surface area contributed by atoms with Gasteiger partial charge >= 0.3 is 0 Å². The molecule has 2 heterocycles. The molecule has 0 saturated carbocycles. The molecule has 1 aromatic rings. The Hall–Kier alpha value is -1.69. The third-order valence-corrected chi connectivity index (χ3v) is 5.89. The maximum Gasteiger partial charge on any atom is 0.285 e. The van der Waals surface area contributed by atoms with E-state index in [2.05, 4.69) is 23.1 Å². The number of halogens is 1. The van der Waals surface area contributed by atoms with Crippen LogP contribution >= 0.6 is 0 Å². The predicted molar refractivity (Wildman–Crippen MR) is 89.9 cm³/mol. The van der Waals surface area contributed by atoms with Crippen LogP contribution in [0.5, 0.6) is 0 Å². The van der Waals surface area contributed by atoms with Crippen LogP contribution in [0.2, 0.25) is 0 Å². The Morgan fingerprint density at radius 1 is 1.13 bits per heavy atom. The van der Waals surface area contributed by atoms with Crippen LogP contribution < -0.4 is 0 Å². The van der Waals surface area contributed by atoms with E-state index in [4.69, 9.17) is 0 Å². The molecule has 2 aliphatic heterocycles. The number of benzene rings is 1. The zero-order valence-electron chi connectivity index (χ0n) is 13.6. The van der Waals surface area contributed by atoms with Crippen molar-refractivity contribution in [2.75, 3.05) is 13.1 Å². The Bertz CT molecular complexity index is 771. The summed E-state index contributed by atoms with van der Waals surface area (Å²) in [6, 6.07) is 5.53. The number of sulfonamides is 1. The van der Waals surface area contributed by atoms with Crippen molar-refractivity contribution in [3.8, 4) is 0 Å². The average Bonchev–Trinajstić information content (AvgIpc) is 2.69. The normalized spacial score (nSPS) is 27.3. The second-order valence-corrected chi connectivity index (χ2v) is 8.24. The topological polar surface area (TPSA) is 49.7 Å². The molecule has 2 aliphatic rings. The van der Waals surface area contributed by atoms with E-state index in [-0.39, 0.29) is 10.7 Å². The summed E-state index contributed by atoms with van der Waals surface area (Å²) < 4.78 is 42.2. The molecular weight excluding hydrogens is 315 g/mol. The minimum absolute atomic E-state index is 0.193. The highest BCUT2D eigenvalue weighted by Crippen LogP contribution is 2.35. The minimum atomic E-state index is -3.73. The maximum atomic E-state index is 13.1. The van der Waals surface area contributed by atoms with Gasteiger partial charge in [-0.15, -0.1) is 4.40 Å². The maximum absolute atomic E-state index is 13.1. The van der Waals surface area contributed by atoms with Gasteiger partial charge in [-0.05, 0) is 42.9 Å². The molecule has 0 aliphatic carbocycles. The zero-order valence-corrected chi connectivity index (χ0v) is 14.4. The first kappa shape index (κ1) is 16.2. The van der Waals surface area contributed by atoms with E-state index < -0.39 is 10.0 Å². The molecule has 0 N–H and O–H groups in total. The number of likely N-dealkylation sites (tertiary alicyclic amines) is 1. The summed E-state index contributed by atoms with van der Waals surface area (Å²) in [5.41, 5.74) is 1.14. The lowest BCUT2D eigenvalue weighted by Crippen LogP contribution is -2.42. The van der Waals surface area contributed by atoms with Crippen molar-refractivity contribution < 1.29 is 12.8 Å². The lowest BCUT2D eigenvalue weighted by molar-refractivity contribution is 0.214. The second-order valence-electron chi connectivity index (χ2n) is 6.70. The molecule has 0 bridgehead atoms. The van der Waals surface area contributed by atoms with Crippen LogP contribution in [0, 0.1) is 17.7 Å². The van der Waals surface area contributed by atoms with E-state index >= 15 is 0 Å². The van der Waals surface area contributed by atoms with Crippen LogP contribution in [0.25, 0.3) is 4.91 Å². The molecule has 1 fully saturated rings. The lowest BCUT2D eigenvalue weighted by Gasteiger charge is -2.36. The largest absolute Gasteiger partial charge is 0.355 e. The standard InChI is InChI=1S/C17H21FN2O2S/c1-11-8-12(2)10-20(9-11)17-13(3)16(23(21,22)19-17)14-4-6-15(18)7-5-14/h4-7,11-12H,8-10H2,1-3H3/t11-,12+. The van der Waals surface area contributed by atoms with Crippen LogP contribution in [-0.4, -0.2) is 32.2 Å². The predicted octanol–water partition coefficient (Wildman–Crippen LogP) is 3.28. The first-order valence-electron chi connectivity index (χ1n) is 7.85. The monoisotopic (exact) mass is 336 g/mol. The summed E-state index contributed by atoms with van der Waals surface area (Å²) in [5, 5.41) is 0. The van der Waals surface area contributed by atoms with Crippen molar-refractivity contribution >= 4 is 20.8 Å². The van der Waals surface area contributed by atoms with Crippen LogP contribution in [0.1, 0.15) is 32.8 Å². The number of amidine groups is 1. The SMILES string of the molecule is CC1=C(c2ccc(F)cc2)S(=O)(=O)N=C1N1C[C@H](C)C[C@H](C)C1. The van der Waals surface area contributed by atoms with E-state index in [9.17, 15) is 12.8 Å². The molecule has 1 saturated heterocycles. The number of piperidine rings is 1. The molecule has 2 atom stereocenters. The Morgan fingerprint density at radius 3 is 2.26 bits per heavy atom. The van der Waals surface area contributed by atoms with Gasteiger partial charge in [0.2, 0.25) is 0 Å². The molecule has 3 rings (SSSR count). The third kappa shape index (κ3) is 3.04. The molecule has 124 valence electrons. The third-order valence-electron chi connectivity index (χ3n) is 4.42. The highest BCUT2D eigenvalue weighted by molar-refractivity contribution is 8.00. The molecule has 1 aromatic carbocycles. The molecule has 0 spiro atoms. The summed E-state index contributed by atoms with van der Waals surface area (Å²) in [4.78, 5) is 2.26. The van der Waals surface area contributed by atoms with Crippen molar-refractivity contribution in [1.82, 2.24) is 4.90 Å². The van der Waals surface area contributed by atoms with Gasteiger partial charge in [-0.1, -0.05) is 26.0 Å². The van der Waals surface area contributed by atoms with Crippen molar-refractivity contribution in [1.29, 1.82) is 0 Å². The van der Waals surface area contributed by atoms with E-state index in [1.54, 1.807) is 6.92 Å². The van der Waals surface area contributed by atoms with Crippen LogP contribution in [0.4, 0.5) is 4.39 Å². The highest BCUT2D eigenvalue weighted by Gasteiger charge is 2.35. The number of nitrogens with zero attached hydrogens (tertiary/aromatic N) is 2. The van der Waals surface area contributed by atoms with E-state index in [1.807, 2.05) is 0 Å². The summed E-state index contributed by atoms with van der Waals surface area (Å²) in [5.74, 6) is 1.17. The van der Waals surface area contributed by atoms with Gasteiger partial charge in [-0.3, -0.25) is 0 Å². The van der Waals surface area contributed by atoms with Crippen molar-refractivity contribution in [2.24, 2.45) is 16.2 Å². The smallest absolute Gasteiger partial charge is 0.285 e. The van der Waals surface area contributed by atoms with Crippen LogP contribution in [0.3, 0.4) is 0 Å². The van der Waals surface area contributed by atoms with Gasteiger partial charge in [-0.25, -0.2) is 4.39 Å². The van der Waals surface area contributed by atoms with E-state index in [0.29, 0.717) is 28.8 Å². The Morgan fingerprint density at radius 2 is 1.70 bits per heavy atom. The van der Waals surface area contributed by atoms with Crippen molar-refractivity contribution in [2.45, 2.75) is 27.2 Å². The first-order chi connectivity index (χ1) is 10.8. The van der Waals surface area contributed by atoms with Crippen LogP contribution in [-0.2, 0) is 10.0 Å². The highest BCUT2D eigenvalue weighted by atomic mass is 32.2. The van der Waals surface area contributed by atoms with Gasteiger partial charge in [0.15, 0.2) is 0 Å². The molecular formula is C17H21FN2O2S. The summed E-state index contributed by atoms with van der Waals surface area (Å²) in [6.45, 7) is 7.75. The van der Waals surface area contributed by atoms with E-state index in [1.165, 1.54) is 24.3 Å². The van der Waals surface area contributed by atoms with Crippen LogP contribution in [0.15, 0.2) is 34.2 Å². The molecule has 0 aromatic heterocycles. The van der Waals surface area contributed by atoms with Gasteiger partial charge in [-0.2, -0.15) is 8.42 Å². The van der Waals surface area contributed by atoms with Gasteiger partial charge < -0.3 is 4.90 Å². The van der Waals surface area contributed by atoms with E-state index in [0.717, 1.165) is 19.5 Å². The van der Waals surface area contributed by atoms with Crippen molar-refractivity contribution in [3.05, 3.63) is 41.2 Å². The van der Waals surface area contributed by atoms with Crippen molar-refractivity contribution in [3.63, 3.8) is 0 Å². The second kappa shape index (κ2) is 5.74. The summed E-state index contributed by atoms with van der Waals surface area (Å²) in [6.07, 6.45) is 1.14. The molecule has 0 amide bonds. The summed E-state index contributed by atoms with van der Waals surface area (Å²) >= 11 is 0. The Balaban J connectivity index is 2.01. The molecule has 0 radical (unpaired) electrons. The lowest BCUT2D eigenvalue weighted by atomic mass is 9.91. The first-order valence-corrected chi connectivity index (χ1v) is 9.29. The van der Waals surface area contributed by atoms with Gasteiger partial charge in [0.25, 0.3) is 10.0 Å². The quantitative estimate of drug-likeness (QED) is 0.791. The number of hydrogen-bond acceptors (Lipinski definition) is 3. The Labute approximate surface area is 136 Å². The zero-order chi connectivity index (χ0) is 16.8. The van der Waals surface area contributed by atoms with Gasteiger partial charge in [0, 0.05) is 18.7 Å². The fourth-order valence-electron chi connectivity index (χ4n) is 3.62. The average molecular weight is 336 g/mol. The van der Waals surface area contributed by atoms with Gasteiger partial charge in [0.05, 0.1) is 0 Å². The Kier molecular flexibility index (Phi) is 4.04. The summed E-state index contributed by atoms with van der Waals surface area (Å²) in [7, 11) is -3.73. The minimum Gasteiger partial charge on any atom is -0.355 e. The fourth-order valence-corrected chi connectivity index (χ4v) is 5.10. The fraction of sp³-hybridized carbons (Fsp3) is 0.471.